The van der Waals surface area contributed by atoms with Crippen molar-refractivity contribution in [1.29, 1.82) is 5.26 Å². The summed E-state index contributed by atoms with van der Waals surface area (Å²) in [6.45, 7) is 8.76. The first-order chi connectivity index (χ1) is 13.0. The average Bonchev–Trinajstić information content (AvgIpc) is 2.64. The van der Waals surface area contributed by atoms with Crippen molar-refractivity contribution in [2.75, 3.05) is 18.5 Å². The van der Waals surface area contributed by atoms with E-state index >= 15 is 0 Å². The zero-order valence-electron chi connectivity index (χ0n) is 16.1. The van der Waals surface area contributed by atoms with Crippen molar-refractivity contribution in [3.63, 3.8) is 0 Å². The first-order valence-corrected chi connectivity index (χ1v) is 8.88. The number of aryl methyl sites for hydroxylation is 2. The molecule has 0 aromatic heterocycles. The van der Waals surface area contributed by atoms with Crippen LogP contribution in [0.1, 0.15) is 30.5 Å². The van der Waals surface area contributed by atoms with Crippen molar-refractivity contribution in [2.24, 2.45) is 0 Å². The lowest BCUT2D eigenvalue weighted by atomic mass is 10.1. The molecule has 2 rings (SSSR count). The molecule has 5 heteroatoms. The normalized spacial score (nSPS) is 10.9. The van der Waals surface area contributed by atoms with Crippen LogP contribution in [0.15, 0.2) is 42.0 Å². The Balaban J connectivity index is 2.29. The molecule has 1 amide bonds. The molecule has 0 aliphatic carbocycles. The Morgan fingerprint density at radius 2 is 1.81 bits per heavy atom. The van der Waals surface area contributed by atoms with Crippen molar-refractivity contribution in [3.05, 3.63) is 58.7 Å². The maximum Gasteiger partial charge on any atom is 0.266 e. The molecule has 0 spiro atoms. The van der Waals surface area contributed by atoms with Crippen LogP contribution in [-0.4, -0.2) is 19.1 Å². The number of nitrogens with one attached hydrogen (secondary N) is 1. The van der Waals surface area contributed by atoms with Gasteiger partial charge in [0.1, 0.15) is 23.1 Å². The van der Waals surface area contributed by atoms with E-state index in [1.165, 1.54) is 6.08 Å². The third-order valence-electron chi connectivity index (χ3n) is 4.03. The highest BCUT2D eigenvalue weighted by atomic mass is 16.5. The monoisotopic (exact) mass is 364 g/mol. The summed E-state index contributed by atoms with van der Waals surface area (Å²) in [6, 6.07) is 12.9. The van der Waals surface area contributed by atoms with E-state index in [4.69, 9.17) is 9.47 Å². The molecule has 1 N–H and O–H groups in total. The van der Waals surface area contributed by atoms with E-state index in [1.54, 1.807) is 18.2 Å². The number of nitrogens with zero attached hydrogens (tertiary/aromatic N) is 1. The second-order valence-corrected chi connectivity index (χ2v) is 5.99. The number of nitriles is 1. The molecule has 2 aromatic carbocycles. The minimum Gasteiger partial charge on any atom is -0.494 e. The lowest BCUT2D eigenvalue weighted by molar-refractivity contribution is -0.112. The lowest BCUT2D eigenvalue weighted by Gasteiger charge is -2.11. The molecular formula is C22H24N2O3. The van der Waals surface area contributed by atoms with Gasteiger partial charge in [-0.3, -0.25) is 4.79 Å². The zero-order valence-corrected chi connectivity index (χ0v) is 16.1. The lowest BCUT2D eigenvalue weighted by Crippen LogP contribution is -2.13. The number of carbonyl (C=O) groups is 1. The molecule has 140 valence electrons. The Morgan fingerprint density at radius 1 is 1.07 bits per heavy atom. The maximum atomic E-state index is 12.5. The summed E-state index contributed by atoms with van der Waals surface area (Å²) < 4.78 is 11.1. The Morgan fingerprint density at radius 3 is 2.44 bits per heavy atom. The first-order valence-electron chi connectivity index (χ1n) is 8.88. The van der Waals surface area contributed by atoms with Gasteiger partial charge in [0.15, 0.2) is 0 Å². The molecule has 0 heterocycles. The second-order valence-electron chi connectivity index (χ2n) is 5.99. The Labute approximate surface area is 160 Å². The van der Waals surface area contributed by atoms with Crippen LogP contribution < -0.4 is 14.8 Å². The zero-order chi connectivity index (χ0) is 19.8. The van der Waals surface area contributed by atoms with Gasteiger partial charge in [0.2, 0.25) is 0 Å². The van der Waals surface area contributed by atoms with Gasteiger partial charge in [-0.2, -0.15) is 5.26 Å². The molecule has 0 bridgehead atoms. The van der Waals surface area contributed by atoms with Crippen molar-refractivity contribution in [1.82, 2.24) is 0 Å². The first kappa shape index (κ1) is 20.1. The number of ether oxygens (including phenoxy) is 2. The van der Waals surface area contributed by atoms with Gasteiger partial charge >= 0.3 is 0 Å². The molecule has 0 atom stereocenters. The highest BCUT2D eigenvalue weighted by Gasteiger charge is 2.12. The standard InChI is InChI=1S/C22H24N2O3/c1-5-26-20-10-8-17(21(13-20)27-6-2)12-18(14-23)22(25)24-19-9-7-15(3)16(4)11-19/h7-13H,5-6H2,1-4H3,(H,24,25)/b18-12+. The van der Waals surface area contributed by atoms with E-state index in [2.05, 4.69) is 5.32 Å². The van der Waals surface area contributed by atoms with Gasteiger partial charge in [-0.15, -0.1) is 0 Å². The van der Waals surface area contributed by atoms with Crippen LogP contribution in [0.4, 0.5) is 5.69 Å². The van der Waals surface area contributed by atoms with E-state index in [9.17, 15) is 10.1 Å². The van der Waals surface area contributed by atoms with Crippen LogP contribution in [0.3, 0.4) is 0 Å². The molecule has 0 unspecified atom stereocenters. The highest BCUT2D eigenvalue weighted by molar-refractivity contribution is 6.09. The average molecular weight is 364 g/mol. The number of hydrogen-bond donors (Lipinski definition) is 1. The number of anilines is 1. The number of benzene rings is 2. The molecule has 27 heavy (non-hydrogen) atoms. The summed E-state index contributed by atoms with van der Waals surface area (Å²) >= 11 is 0. The fourth-order valence-electron chi connectivity index (χ4n) is 2.49. The Hall–Kier alpha value is -3.26. The fourth-order valence-corrected chi connectivity index (χ4v) is 2.49. The van der Waals surface area contributed by atoms with Crippen molar-refractivity contribution in [3.8, 4) is 17.6 Å². The van der Waals surface area contributed by atoms with Crippen LogP contribution in [0, 0.1) is 25.2 Å². The molecule has 0 radical (unpaired) electrons. The maximum absolute atomic E-state index is 12.5. The number of hydrogen-bond acceptors (Lipinski definition) is 4. The van der Waals surface area contributed by atoms with E-state index < -0.39 is 5.91 Å². The van der Waals surface area contributed by atoms with Gasteiger partial charge in [-0.1, -0.05) is 6.07 Å². The van der Waals surface area contributed by atoms with Crippen molar-refractivity contribution < 1.29 is 14.3 Å². The third-order valence-corrected chi connectivity index (χ3v) is 4.03. The molecule has 0 saturated carbocycles. The highest BCUT2D eigenvalue weighted by Crippen LogP contribution is 2.27. The quantitative estimate of drug-likeness (QED) is 0.573. The van der Waals surface area contributed by atoms with Crippen molar-refractivity contribution in [2.45, 2.75) is 27.7 Å². The minimum absolute atomic E-state index is 0.00154. The van der Waals surface area contributed by atoms with Crippen LogP contribution in [-0.2, 0) is 4.79 Å². The molecular weight excluding hydrogens is 340 g/mol. The third kappa shape index (κ3) is 5.35. The van der Waals surface area contributed by atoms with Gasteiger partial charge in [0.25, 0.3) is 5.91 Å². The Bertz CT molecular complexity index is 895. The van der Waals surface area contributed by atoms with Gasteiger partial charge in [-0.05, 0) is 69.2 Å². The molecule has 0 aliphatic rings. The number of carbonyl (C=O) groups excluding carboxylic acids is 1. The molecule has 0 saturated heterocycles. The van der Waals surface area contributed by atoms with Crippen molar-refractivity contribution >= 4 is 17.7 Å². The van der Waals surface area contributed by atoms with E-state index in [-0.39, 0.29) is 5.57 Å². The SMILES string of the molecule is CCOc1ccc(/C=C(\C#N)C(=O)Nc2ccc(C)c(C)c2)c(OCC)c1. The largest absolute Gasteiger partial charge is 0.494 e. The summed E-state index contributed by atoms with van der Waals surface area (Å²) in [7, 11) is 0. The summed E-state index contributed by atoms with van der Waals surface area (Å²) in [4.78, 5) is 12.5. The molecule has 2 aromatic rings. The summed E-state index contributed by atoms with van der Waals surface area (Å²) in [5.74, 6) is 0.781. The second kappa shape index (κ2) is 9.44. The Kier molecular flexibility index (Phi) is 7.01. The molecule has 5 nitrogen and oxygen atoms in total. The minimum atomic E-state index is -0.461. The topological polar surface area (TPSA) is 71.3 Å². The predicted molar refractivity (Wildman–Crippen MR) is 107 cm³/mol. The van der Waals surface area contributed by atoms with Gasteiger partial charge in [-0.25, -0.2) is 0 Å². The summed E-state index contributed by atoms with van der Waals surface area (Å²) in [5, 5.41) is 12.2. The molecule has 0 fully saturated rings. The van der Waals surface area contributed by atoms with Gasteiger partial charge < -0.3 is 14.8 Å². The van der Waals surface area contributed by atoms with Crippen LogP contribution in [0.25, 0.3) is 6.08 Å². The fraction of sp³-hybridized carbons (Fsp3) is 0.273. The van der Waals surface area contributed by atoms with Crippen LogP contribution in [0.2, 0.25) is 0 Å². The van der Waals surface area contributed by atoms with E-state index in [0.29, 0.717) is 36.0 Å². The summed E-state index contributed by atoms with van der Waals surface area (Å²) in [5.41, 5.74) is 3.51. The van der Waals surface area contributed by atoms with E-state index in [0.717, 1.165) is 11.1 Å². The van der Waals surface area contributed by atoms with Gasteiger partial charge in [0, 0.05) is 17.3 Å². The van der Waals surface area contributed by atoms with Gasteiger partial charge in [0.05, 0.1) is 13.2 Å². The summed E-state index contributed by atoms with van der Waals surface area (Å²) in [6.07, 6.45) is 1.52. The van der Waals surface area contributed by atoms with Crippen LogP contribution >= 0.6 is 0 Å². The predicted octanol–water partition coefficient (Wildman–Crippen LogP) is 4.65. The molecule has 0 aliphatic heterocycles. The number of amides is 1. The number of rotatable bonds is 7. The van der Waals surface area contributed by atoms with E-state index in [1.807, 2.05) is 52.0 Å². The smallest absolute Gasteiger partial charge is 0.266 e. The van der Waals surface area contributed by atoms with Crippen LogP contribution in [0.5, 0.6) is 11.5 Å².